The first-order chi connectivity index (χ1) is 18.1. The lowest BCUT2D eigenvalue weighted by atomic mass is 10.1. The van der Waals surface area contributed by atoms with Crippen molar-refractivity contribution < 1.29 is 13.2 Å². The van der Waals surface area contributed by atoms with Crippen LogP contribution in [0.4, 0.5) is 0 Å². The van der Waals surface area contributed by atoms with Gasteiger partial charge in [-0.3, -0.25) is 4.98 Å². The fourth-order valence-corrected chi connectivity index (χ4v) is 5.65. The van der Waals surface area contributed by atoms with Gasteiger partial charge in [-0.25, -0.2) is 8.42 Å². The minimum Gasteiger partial charge on any atom is -0.489 e. The third kappa shape index (κ3) is 6.23. The monoisotopic (exact) mass is 508 g/mol. The number of fused-ring (bicyclic) bond motifs is 1. The largest absolute Gasteiger partial charge is 0.489 e. The van der Waals surface area contributed by atoms with Crippen LogP contribution in [0.2, 0.25) is 0 Å². The van der Waals surface area contributed by atoms with Crippen molar-refractivity contribution in [1.29, 1.82) is 0 Å². The van der Waals surface area contributed by atoms with Crippen LogP contribution in [0.3, 0.4) is 0 Å². The molecule has 0 saturated carbocycles. The molecular formula is C31H28N2O3S. The van der Waals surface area contributed by atoms with Crippen molar-refractivity contribution in [3.8, 4) is 5.75 Å². The molecule has 0 amide bonds. The fraction of sp³-hybridized carbons (Fsp3) is 0.129. The maximum atomic E-state index is 13.8. The Hall–Kier alpha value is -4.00. The zero-order valence-corrected chi connectivity index (χ0v) is 21.2. The van der Waals surface area contributed by atoms with Crippen LogP contribution in [0.1, 0.15) is 16.8 Å². The van der Waals surface area contributed by atoms with Crippen molar-refractivity contribution in [2.75, 3.05) is 6.54 Å². The third-order valence-corrected chi connectivity index (χ3v) is 8.07. The van der Waals surface area contributed by atoms with E-state index in [-0.39, 0.29) is 11.4 Å². The molecule has 0 aliphatic carbocycles. The second kappa shape index (κ2) is 11.4. The number of hydrogen-bond acceptors (Lipinski definition) is 4. The molecule has 6 heteroatoms. The Bertz CT molecular complexity index is 1560. The summed E-state index contributed by atoms with van der Waals surface area (Å²) in [4.78, 5) is 4.66. The SMILES string of the molecule is O=S(=O)(c1ccc2ccccc2c1)N(CCc1ccccn1)Cc1ccc(OCc2ccccc2)cc1. The van der Waals surface area contributed by atoms with Crippen molar-refractivity contribution in [1.82, 2.24) is 9.29 Å². The molecule has 1 heterocycles. The molecule has 5 rings (SSSR count). The molecule has 0 radical (unpaired) electrons. The van der Waals surface area contributed by atoms with Crippen molar-refractivity contribution >= 4 is 20.8 Å². The van der Waals surface area contributed by atoms with Gasteiger partial charge in [0.2, 0.25) is 10.0 Å². The summed E-state index contributed by atoms with van der Waals surface area (Å²) in [5, 5.41) is 1.90. The Balaban J connectivity index is 1.36. The van der Waals surface area contributed by atoms with Gasteiger partial charge in [0, 0.05) is 31.4 Å². The summed E-state index contributed by atoms with van der Waals surface area (Å²) in [6, 6.07) is 36.4. The third-order valence-electron chi connectivity index (χ3n) is 6.23. The van der Waals surface area contributed by atoms with Gasteiger partial charge in [-0.05, 0) is 58.3 Å². The molecule has 0 N–H and O–H groups in total. The normalized spacial score (nSPS) is 11.6. The van der Waals surface area contributed by atoms with E-state index in [0.29, 0.717) is 19.6 Å². The van der Waals surface area contributed by atoms with Crippen LogP contribution < -0.4 is 4.74 Å². The van der Waals surface area contributed by atoms with Crippen molar-refractivity contribution in [2.24, 2.45) is 0 Å². The molecule has 1 aromatic heterocycles. The molecule has 0 saturated heterocycles. The average Bonchev–Trinajstić information content (AvgIpc) is 2.95. The van der Waals surface area contributed by atoms with Crippen LogP contribution in [0.15, 0.2) is 126 Å². The molecule has 0 fully saturated rings. The second-order valence-corrected chi connectivity index (χ2v) is 10.8. The molecule has 0 atom stereocenters. The maximum absolute atomic E-state index is 13.8. The molecule has 5 aromatic rings. The number of sulfonamides is 1. The Labute approximate surface area is 218 Å². The predicted molar refractivity (Wildman–Crippen MR) is 147 cm³/mol. The Morgan fingerprint density at radius 1 is 0.703 bits per heavy atom. The van der Waals surface area contributed by atoms with E-state index in [0.717, 1.165) is 33.3 Å². The number of pyridine rings is 1. The molecule has 5 nitrogen and oxygen atoms in total. The standard InChI is InChI=1S/C31H28N2O3S/c34-37(35,31-18-15-27-10-4-5-11-28(27)22-31)33(21-19-29-12-6-7-20-32-29)23-25-13-16-30(17-14-25)36-24-26-8-2-1-3-9-26/h1-18,20,22H,19,21,23-24H2. The van der Waals surface area contributed by atoms with E-state index in [1.165, 1.54) is 4.31 Å². The van der Waals surface area contributed by atoms with E-state index in [2.05, 4.69) is 4.98 Å². The number of ether oxygens (including phenoxy) is 1. The van der Waals surface area contributed by atoms with Gasteiger partial charge < -0.3 is 4.74 Å². The molecule has 4 aromatic carbocycles. The zero-order chi connectivity index (χ0) is 25.5. The molecule has 0 aliphatic rings. The molecular weight excluding hydrogens is 480 g/mol. The quantitative estimate of drug-likeness (QED) is 0.224. The number of aromatic nitrogens is 1. The minimum absolute atomic E-state index is 0.251. The molecule has 37 heavy (non-hydrogen) atoms. The van der Waals surface area contributed by atoms with Gasteiger partial charge in [0.05, 0.1) is 4.90 Å². The van der Waals surface area contributed by atoms with E-state index in [4.69, 9.17) is 4.74 Å². The van der Waals surface area contributed by atoms with Gasteiger partial charge in [0.15, 0.2) is 0 Å². The summed E-state index contributed by atoms with van der Waals surface area (Å²) in [7, 11) is -3.74. The van der Waals surface area contributed by atoms with Crippen LogP contribution in [0.25, 0.3) is 10.8 Å². The maximum Gasteiger partial charge on any atom is 0.243 e. The van der Waals surface area contributed by atoms with Gasteiger partial charge >= 0.3 is 0 Å². The number of rotatable bonds is 10. The first-order valence-electron chi connectivity index (χ1n) is 12.2. The second-order valence-electron chi connectivity index (χ2n) is 8.84. The van der Waals surface area contributed by atoms with Gasteiger partial charge in [0.25, 0.3) is 0 Å². The summed E-state index contributed by atoms with van der Waals surface area (Å²) in [5.74, 6) is 0.741. The van der Waals surface area contributed by atoms with E-state index in [1.54, 1.807) is 18.3 Å². The summed E-state index contributed by atoms with van der Waals surface area (Å²) in [6.07, 6.45) is 2.25. The topological polar surface area (TPSA) is 59.5 Å². The Kier molecular flexibility index (Phi) is 7.59. The number of nitrogens with zero attached hydrogens (tertiary/aromatic N) is 2. The van der Waals surface area contributed by atoms with Crippen LogP contribution in [-0.4, -0.2) is 24.3 Å². The molecule has 0 bridgehead atoms. The molecule has 0 spiro atoms. The van der Waals surface area contributed by atoms with Crippen LogP contribution >= 0.6 is 0 Å². The van der Waals surface area contributed by atoms with Gasteiger partial charge in [-0.1, -0.05) is 78.9 Å². The Morgan fingerprint density at radius 3 is 2.19 bits per heavy atom. The van der Waals surface area contributed by atoms with Gasteiger partial charge in [-0.2, -0.15) is 4.31 Å². The van der Waals surface area contributed by atoms with Crippen LogP contribution in [-0.2, 0) is 29.6 Å². The molecule has 0 aliphatic heterocycles. The molecule has 0 unspecified atom stereocenters. The highest BCUT2D eigenvalue weighted by molar-refractivity contribution is 7.89. The smallest absolute Gasteiger partial charge is 0.243 e. The van der Waals surface area contributed by atoms with Crippen molar-refractivity contribution in [3.05, 3.63) is 138 Å². The van der Waals surface area contributed by atoms with E-state index < -0.39 is 10.0 Å². The predicted octanol–water partition coefficient (Wildman–Crippen LogP) is 6.25. The summed E-state index contributed by atoms with van der Waals surface area (Å²) >= 11 is 0. The highest BCUT2D eigenvalue weighted by Gasteiger charge is 2.25. The number of hydrogen-bond donors (Lipinski definition) is 0. The van der Waals surface area contributed by atoms with Crippen LogP contribution in [0.5, 0.6) is 5.75 Å². The zero-order valence-electron chi connectivity index (χ0n) is 20.4. The van der Waals surface area contributed by atoms with E-state index in [9.17, 15) is 8.42 Å². The lowest BCUT2D eigenvalue weighted by molar-refractivity contribution is 0.306. The summed E-state index contributed by atoms with van der Waals surface area (Å²) in [6.45, 7) is 1.05. The average molecular weight is 509 g/mol. The van der Waals surface area contributed by atoms with Gasteiger partial charge in [-0.15, -0.1) is 0 Å². The Morgan fingerprint density at radius 2 is 1.43 bits per heavy atom. The van der Waals surface area contributed by atoms with Crippen molar-refractivity contribution in [2.45, 2.75) is 24.5 Å². The lowest BCUT2D eigenvalue weighted by Gasteiger charge is -2.23. The van der Waals surface area contributed by atoms with E-state index >= 15 is 0 Å². The van der Waals surface area contributed by atoms with Crippen molar-refractivity contribution in [3.63, 3.8) is 0 Å². The molecule has 186 valence electrons. The first-order valence-corrected chi connectivity index (χ1v) is 13.7. The fourth-order valence-electron chi connectivity index (χ4n) is 4.18. The summed E-state index contributed by atoms with van der Waals surface area (Å²) in [5.41, 5.74) is 2.83. The highest BCUT2D eigenvalue weighted by atomic mass is 32.2. The first kappa shape index (κ1) is 24.7. The van der Waals surface area contributed by atoms with Crippen LogP contribution in [0, 0.1) is 0 Å². The number of benzene rings is 4. The van der Waals surface area contributed by atoms with Gasteiger partial charge in [0.1, 0.15) is 12.4 Å². The summed E-state index contributed by atoms with van der Waals surface area (Å²) < 4.78 is 35.0. The minimum atomic E-state index is -3.74. The lowest BCUT2D eigenvalue weighted by Crippen LogP contribution is -2.32. The van der Waals surface area contributed by atoms with E-state index in [1.807, 2.05) is 103 Å². The highest BCUT2D eigenvalue weighted by Crippen LogP contribution is 2.24.